The van der Waals surface area contributed by atoms with Crippen LogP contribution in [0.3, 0.4) is 0 Å². The third-order valence-electron chi connectivity index (χ3n) is 4.03. The molecule has 2 rings (SSSR count). The molecule has 1 aromatic heterocycles. The molecule has 22 heavy (non-hydrogen) atoms. The summed E-state index contributed by atoms with van der Waals surface area (Å²) in [6, 6.07) is 2.90. The van der Waals surface area contributed by atoms with E-state index in [0.29, 0.717) is 18.2 Å². The first-order valence-electron chi connectivity index (χ1n) is 7.91. The van der Waals surface area contributed by atoms with Crippen molar-refractivity contribution in [1.82, 2.24) is 16.0 Å². The first-order chi connectivity index (χ1) is 10.5. The highest BCUT2D eigenvalue weighted by Crippen LogP contribution is 2.23. The molecular formula is C16H25N3O3. The van der Waals surface area contributed by atoms with Crippen molar-refractivity contribution < 1.29 is 14.0 Å². The van der Waals surface area contributed by atoms with Crippen molar-refractivity contribution in [3.05, 3.63) is 24.2 Å². The molecule has 1 aromatic rings. The fourth-order valence-electron chi connectivity index (χ4n) is 2.79. The van der Waals surface area contributed by atoms with Gasteiger partial charge in [-0.25, -0.2) is 4.79 Å². The molecule has 0 spiro atoms. The van der Waals surface area contributed by atoms with Gasteiger partial charge in [0, 0.05) is 6.04 Å². The predicted octanol–water partition coefficient (Wildman–Crippen LogP) is 2.16. The number of amides is 3. The Morgan fingerprint density at radius 3 is 2.91 bits per heavy atom. The number of carbonyl (C=O) groups is 2. The molecule has 0 bridgehead atoms. The molecule has 1 heterocycles. The van der Waals surface area contributed by atoms with Crippen molar-refractivity contribution >= 4 is 11.9 Å². The highest BCUT2D eigenvalue weighted by atomic mass is 16.3. The predicted molar refractivity (Wildman–Crippen MR) is 83.1 cm³/mol. The fourth-order valence-corrected chi connectivity index (χ4v) is 2.79. The second kappa shape index (κ2) is 7.87. The maximum absolute atomic E-state index is 11.9. The lowest BCUT2D eigenvalue weighted by atomic mass is 9.87. The number of carbonyl (C=O) groups excluding carboxylic acids is 2. The highest BCUT2D eigenvalue weighted by Gasteiger charge is 2.22. The quantitative estimate of drug-likeness (QED) is 0.779. The minimum atomic E-state index is -0.587. The monoisotopic (exact) mass is 307 g/mol. The van der Waals surface area contributed by atoms with E-state index >= 15 is 0 Å². The van der Waals surface area contributed by atoms with Crippen molar-refractivity contribution in [2.75, 3.05) is 0 Å². The molecule has 0 aromatic carbocycles. The van der Waals surface area contributed by atoms with E-state index in [1.165, 1.54) is 6.42 Å². The van der Waals surface area contributed by atoms with Crippen LogP contribution in [-0.4, -0.2) is 24.0 Å². The Balaban J connectivity index is 1.69. The Labute approximate surface area is 131 Å². The maximum atomic E-state index is 11.9. The smallest absolute Gasteiger partial charge is 0.315 e. The normalized spacial score (nSPS) is 22.6. The van der Waals surface area contributed by atoms with Gasteiger partial charge in [0.15, 0.2) is 0 Å². The van der Waals surface area contributed by atoms with Gasteiger partial charge in [-0.3, -0.25) is 4.79 Å². The summed E-state index contributed by atoms with van der Waals surface area (Å²) >= 11 is 0. The van der Waals surface area contributed by atoms with Gasteiger partial charge in [0.1, 0.15) is 11.8 Å². The molecule has 1 fully saturated rings. The molecule has 6 heteroatoms. The van der Waals surface area contributed by atoms with Gasteiger partial charge in [-0.1, -0.05) is 19.8 Å². The van der Waals surface area contributed by atoms with Crippen LogP contribution in [0.1, 0.15) is 45.3 Å². The number of hydrogen-bond acceptors (Lipinski definition) is 3. The van der Waals surface area contributed by atoms with Gasteiger partial charge in [0.2, 0.25) is 5.91 Å². The van der Waals surface area contributed by atoms with Crippen LogP contribution in [0.2, 0.25) is 0 Å². The van der Waals surface area contributed by atoms with E-state index in [-0.39, 0.29) is 18.0 Å². The van der Waals surface area contributed by atoms with E-state index in [4.69, 9.17) is 4.42 Å². The topological polar surface area (TPSA) is 83.4 Å². The third-order valence-corrected chi connectivity index (χ3v) is 4.03. The molecule has 0 saturated heterocycles. The van der Waals surface area contributed by atoms with Gasteiger partial charge in [0.25, 0.3) is 0 Å². The second-order valence-corrected chi connectivity index (χ2v) is 6.11. The fraction of sp³-hybridized carbons (Fsp3) is 0.625. The van der Waals surface area contributed by atoms with Crippen molar-refractivity contribution in [2.45, 2.75) is 58.2 Å². The van der Waals surface area contributed by atoms with Gasteiger partial charge in [-0.15, -0.1) is 0 Å². The molecule has 0 radical (unpaired) electrons. The van der Waals surface area contributed by atoms with Crippen molar-refractivity contribution in [3.63, 3.8) is 0 Å². The molecule has 3 atom stereocenters. The zero-order valence-electron chi connectivity index (χ0n) is 13.2. The number of furan rings is 1. The molecule has 1 aliphatic rings. The van der Waals surface area contributed by atoms with E-state index in [1.807, 2.05) is 0 Å². The molecular weight excluding hydrogens is 282 g/mol. The average molecular weight is 307 g/mol. The largest absolute Gasteiger partial charge is 0.467 e. The van der Waals surface area contributed by atoms with E-state index < -0.39 is 6.04 Å². The summed E-state index contributed by atoms with van der Waals surface area (Å²) in [4.78, 5) is 23.9. The Bertz CT molecular complexity index is 487. The van der Waals surface area contributed by atoms with Crippen molar-refractivity contribution in [3.8, 4) is 0 Å². The standard InChI is InChI=1S/C16H25N3O3/c1-11-5-3-6-13(9-11)19-16(21)18-12(2)15(20)17-10-14-7-4-8-22-14/h4,7-8,11-13H,3,5-6,9-10H2,1-2H3,(H,17,20)(H2,18,19,21)/t11-,12-,13-/m1/s1. The van der Waals surface area contributed by atoms with Crippen molar-refractivity contribution in [1.29, 1.82) is 0 Å². The lowest BCUT2D eigenvalue weighted by molar-refractivity contribution is -0.122. The van der Waals surface area contributed by atoms with Gasteiger partial charge in [-0.05, 0) is 37.8 Å². The number of hydrogen-bond donors (Lipinski definition) is 3. The average Bonchev–Trinajstić information content (AvgIpc) is 2.97. The lowest BCUT2D eigenvalue weighted by Gasteiger charge is -2.28. The van der Waals surface area contributed by atoms with E-state index in [2.05, 4.69) is 22.9 Å². The molecule has 1 saturated carbocycles. The van der Waals surface area contributed by atoms with E-state index in [9.17, 15) is 9.59 Å². The summed E-state index contributed by atoms with van der Waals surface area (Å²) in [5.74, 6) is 1.10. The minimum absolute atomic E-state index is 0.210. The highest BCUT2D eigenvalue weighted by molar-refractivity contribution is 5.86. The van der Waals surface area contributed by atoms with E-state index in [0.717, 1.165) is 19.3 Å². The van der Waals surface area contributed by atoms with Crippen LogP contribution in [0.25, 0.3) is 0 Å². The van der Waals surface area contributed by atoms with Gasteiger partial charge < -0.3 is 20.4 Å². The number of urea groups is 1. The molecule has 3 amide bonds. The summed E-state index contributed by atoms with van der Waals surface area (Å²) in [5, 5.41) is 8.36. The second-order valence-electron chi connectivity index (χ2n) is 6.11. The minimum Gasteiger partial charge on any atom is -0.467 e. The van der Waals surface area contributed by atoms with Crippen LogP contribution in [0.4, 0.5) is 4.79 Å². The van der Waals surface area contributed by atoms with Gasteiger partial charge in [0.05, 0.1) is 12.8 Å². The summed E-state index contributed by atoms with van der Waals surface area (Å²) in [6.07, 6.45) is 5.95. The Hall–Kier alpha value is -1.98. The number of rotatable bonds is 5. The first-order valence-corrected chi connectivity index (χ1v) is 7.91. The Kier molecular flexibility index (Phi) is 5.86. The summed E-state index contributed by atoms with van der Waals surface area (Å²) in [5.41, 5.74) is 0. The Morgan fingerprint density at radius 1 is 1.41 bits per heavy atom. The van der Waals surface area contributed by atoms with Crippen LogP contribution in [0, 0.1) is 5.92 Å². The lowest BCUT2D eigenvalue weighted by Crippen LogP contribution is -2.51. The van der Waals surface area contributed by atoms with Crippen LogP contribution < -0.4 is 16.0 Å². The third kappa shape index (κ3) is 5.09. The molecule has 1 aliphatic carbocycles. The van der Waals surface area contributed by atoms with Crippen molar-refractivity contribution in [2.24, 2.45) is 5.92 Å². The van der Waals surface area contributed by atoms with Gasteiger partial charge >= 0.3 is 6.03 Å². The van der Waals surface area contributed by atoms with Crippen LogP contribution >= 0.6 is 0 Å². The maximum Gasteiger partial charge on any atom is 0.315 e. The van der Waals surface area contributed by atoms with Crippen LogP contribution in [0.5, 0.6) is 0 Å². The zero-order valence-corrected chi connectivity index (χ0v) is 13.2. The Morgan fingerprint density at radius 2 is 2.23 bits per heavy atom. The SMILES string of the molecule is C[C@@H]1CCC[C@@H](NC(=O)N[C@H](C)C(=O)NCc2ccco2)C1. The first kappa shape index (κ1) is 16.4. The van der Waals surface area contributed by atoms with Gasteiger partial charge in [-0.2, -0.15) is 0 Å². The molecule has 6 nitrogen and oxygen atoms in total. The molecule has 3 N–H and O–H groups in total. The molecule has 122 valence electrons. The van der Waals surface area contributed by atoms with E-state index in [1.54, 1.807) is 25.3 Å². The molecule has 0 unspecified atom stereocenters. The summed E-state index contributed by atoms with van der Waals surface area (Å²) < 4.78 is 5.14. The summed E-state index contributed by atoms with van der Waals surface area (Å²) in [6.45, 7) is 4.19. The van der Waals surface area contributed by atoms with Crippen LogP contribution in [-0.2, 0) is 11.3 Å². The summed E-state index contributed by atoms with van der Waals surface area (Å²) in [7, 11) is 0. The molecule has 0 aliphatic heterocycles. The number of nitrogens with one attached hydrogen (secondary N) is 3. The van der Waals surface area contributed by atoms with Crippen LogP contribution in [0.15, 0.2) is 22.8 Å². The zero-order chi connectivity index (χ0) is 15.9.